The summed E-state index contributed by atoms with van der Waals surface area (Å²) < 4.78 is 12.0. The van der Waals surface area contributed by atoms with Gasteiger partial charge in [-0.2, -0.15) is 0 Å². The van der Waals surface area contributed by atoms with Crippen LogP contribution < -0.4 is 20.1 Å². The van der Waals surface area contributed by atoms with Crippen LogP contribution in [0, 0.1) is 0 Å². The van der Waals surface area contributed by atoms with Gasteiger partial charge in [-0.05, 0) is 42.3 Å². The second kappa shape index (κ2) is 7.57. The Hall–Kier alpha value is -2.21. The molecule has 126 valence electrons. The van der Waals surface area contributed by atoms with Gasteiger partial charge in [-0.25, -0.2) is 4.79 Å². The van der Waals surface area contributed by atoms with Gasteiger partial charge < -0.3 is 20.1 Å². The number of carbonyl (C=O) groups excluding carboxylic acids is 1. The molecule has 2 N–H and O–H groups in total. The number of hydrogen-bond acceptors (Lipinski definition) is 3. The maximum atomic E-state index is 12.1. The Labute approximate surface area is 149 Å². The summed E-state index contributed by atoms with van der Waals surface area (Å²) in [6.45, 7) is 3.50. The van der Waals surface area contributed by atoms with E-state index in [-0.39, 0.29) is 12.1 Å². The second-order valence-electron chi connectivity index (χ2n) is 5.58. The summed E-state index contributed by atoms with van der Waals surface area (Å²) in [4.78, 5) is 12.1. The summed E-state index contributed by atoms with van der Waals surface area (Å²) >= 11 is 3.40. The molecular weight excluding hydrogens is 372 g/mol. The number of amides is 2. The molecule has 0 spiro atoms. The lowest BCUT2D eigenvalue weighted by Crippen LogP contribution is -2.36. The summed E-state index contributed by atoms with van der Waals surface area (Å²) in [5, 5.41) is 5.79. The summed E-state index contributed by atoms with van der Waals surface area (Å²) in [7, 11) is 0. The zero-order valence-corrected chi connectivity index (χ0v) is 14.9. The summed E-state index contributed by atoms with van der Waals surface area (Å²) in [5.41, 5.74) is 2.01. The van der Waals surface area contributed by atoms with E-state index in [1.807, 2.05) is 49.4 Å². The van der Waals surface area contributed by atoms with Crippen molar-refractivity contribution in [3.05, 3.63) is 58.1 Å². The van der Waals surface area contributed by atoms with Crippen molar-refractivity contribution in [1.29, 1.82) is 0 Å². The standard InChI is InChI=1S/C18H19BrN2O3/c1-12(14-3-5-15(19)6-4-14)21-18(22)20-11-13-2-7-16-17(10-13)24-9-8-23-16/h2-7,10,12H,8-9,11H2,1H3,(H2,20,21,22). The smallest absolute Gasteiger partial charge is 0.315 e. The van der Waals surface area contributed by atoms with E-state index in [9.17, 15) is 4.79 Å². The monoisotopic (exact) mass is 390 g/mol. The molecule has 0 fully saturated rings. The molecule has 0 saturated carbocycles. The molecule has 1 aliphatic rings. The quantitative estimate of drug-likeness (QED) is 0.834. The Morgan fingerprint density at radius 1 is 1.12 bits per heavy atom. The normalized spacial score (nSPS) is 13.9. The molecule has 1 aliphatic heterocycles. The predicted molar refractivity (Wildman–Crippen MR) is 95.4 cm³/mol. The first-order chi connectivity index (χ1) is 11.6. The van der Waals surface area contributed by atoms with Crippen molar-refractivity contribution in [3.63, 3.8) is 0 Å². The lowest BCUT2D eigenvalue weighted by atomic mass is 10.1. The minimum absolute atomic E-state index is 0.0710. The molecule has 24 heavy (non-hydrogen) atoms. The van der Waals surface area contributed by atoms with Crippen molar-refractivity contribution in [3.8, 4) is 11.5 Å². The number of hydrogen-bond donors (Lipinski definition) is 2. The Morgan fingerprint density at radius 3 is 2.58 bits per heavy atom. The van der Waals surface area contributed by atoms with Crippen molar-refractivity contribution in [2.45, 2.75) is 19.5 Å². The molecule has 0 aromatic heterocycles. The number of fused-ring (bicyclic) bond motifs is 1. The van der Waals surface area contributed by atoms with Gasteiger partial charge in [0.05, 0.1) is 6.04 Å². The highest BCUT2D eigenvalue weighted by atomic mass is 79.9. The van der Waals surface area contributed by atoms with Gasteiger partial charge in [0.25, 0.3) is 0 Å². The molecule has 0 bridgehead atoms. The Bertz CT molecular complexity index is 719. The van der Waals surface area contributed by atoms with Gasteiger partial charge in [-0.1, -0.05) is 34.1 Å². The molecule has 3 rings (SSSR count). The molecule has 1 heterocycles. The van der Waals surface area contributed by atoms with E-state index in [0.29, 0.717) is 19.8 Å². The van der Waals surface area contributed by atoms with Gasteiger partial charge in [0.2, 0.25) is 0 Å². The minimum Gasteiger partial charge on any atom is -0.486 e. The summed E-state index contributed by atoms with van der Waals surface area (Å²) in [5.74, 6) is 1.47. The number of halogens is 1. The van der Waals surface area contributed by atoms with E-state index in [1.54, 1.807) is 0 Å². The lowest BCUT2D eigenvalue weighted by Gasteiger charge is -2.19. The van der Waals surface area contributed by atoms with Crippen LogP contribution in [-0.4, -0.2) is 19.2 Å². The highest BCUT2D eigenvalue weighted by molar-refractivity contribution is 9.10. The van der Waals surface area contributed by atoms with E-state index >= 15 is 0 Å². The second-order valence-corrected chi connectivity index (χ2v) is 6.49. The van der Waals surface area contributed by atoms with Crippen LogP contribution >= 0.6 is 15.9 Å². The average molecular weight is 391 g/mol. The zero-order chi connectivity index (χ0) is 16.9. The van der Waals surface area contributed by atoms with Crippen molar-refractivity contribution in [2.75, 3.05) is 13.2 Å². The predicted octanol–water partition coefficient (Wildman–Crippen LogP) is 3.78. The minimum atomic E-state index is -0.208. The first-order valence-electron chi connectivity index (χ1n) is 7.80. The van der Waals surface area contributed by atoms with Crippen LogP contribution in [0.25, 0.3) is 0 Å². The molecule has 1 atom stereocenters. The van der Waals surface area contributed by atoms with Crippen LogP contribution in [0.1, 0.15) is 24.1 Å². The topological polar surface area (TPSA) is 59.6 Å². The van der Waals surface area contributed by atoms with E-state index < -0.39 is 0 Å². The fourth-order valence-corrected chi connectivity index (χ4v) is 2.73. The Morgan fingerprint density at radius 2 is 1.83 bits per heavy atom. The molecule has 2 aromatic carbocycles. The number of ether oxygens (including phenoxy) is 2. The van der Waals surface area contributed by atoms with Crippen LogP contribution in [0.4, 0.5) is 4.79 Å². The van der Waals surface area contributed by atoms with Crippen molar-refractivity contribution in [2.24, 2.45) is 0 Å². The van der Waals surface area contributed by atoms with E-state index in [4.69, 9.17) is 9.47 Å². The van der Waals surface area contributed by atoms with E-state index in [0.717, 1.165) is 27.1 Å². The van der Waals surface area contributed by atoms with Crippen LogP contribution in [0.2, 0.25) is 0 Å². The highest BCUT2D eigenvalue weighted by Crippen LogP contribution is 2.30. The molecule has 6 heteroatoms. The first-order valence-corrected chi connectivity index (χ1v) is 8.59. The number of rotatable bonds is 4. The van der Waals surface area contributed by atoms with Crippen molar-refractivity contribution >= 4 is 22.0 Å². The molecule has 0 aliphatic carbocycles. The largest absolute Gasteiger partial charge is 0.486 e. The molecule has 0 saturated heterocycles. The fourth-order valence-electron chi connectivity index (χ4n) is 2.46. The van der Waals surface area contributed by atoms with Crippen LogP contribution in [0.15, 0.2) is 46.9 Å². The molecule has 1 unspecified atom stereocenters. The molecule has 5 nitrogen and oxygen atoms in total. The Balaban J connectivity index is 1.52. The third-order valence-corrected chi connectivity index (χ3v) is 4.31. The van der Waals surface area contributed by atoms with Crippen molar-refractivity contribution < 1.29 is 14.3 Å². The molecule has 0 radical (unpaired) electrons. The maximum absolute atomic E-state index is 12.1. The summed E-state index contributed by atoms with van der Waals surface area (Å²) in [6, 6.07) is 13.3. The first kappa shape index (κ1) is 16.6. The zero-order valence-electron chi connectivity index (χ0n) is 13.3. The molecule has 2 aromatic rings. The molecular formula is C18H19BrN2O3. The van der Waals surface area contributed by atoms with Gasteiger partial charge >= 0.3 is 6.03 Å². The van der Waals surface area contributed by atoms with E-state index in [2.05, 4.69) is 26.6 Å². The van der Waals surface area contributed by atoms with Gasteiger partial charge in [0.15, 0.2) is 11.5 Å². The van der Waals surface area contributed by atoms with E-state index in [1.165, 1.54) is 0 Å². The van der Waals surface area contributed by atoms with Crippen LogP contribution in [0.3, 0.4) is 0 Å². The highest BCUT2D eigenvalue weighted by Gasteiger charge is 2.13. The van der Waals surface area contributed by atoms with Gasteiger partial charge in [0, 0.05) is 11.0 Å². The number of benzene rings is 2. The van der Waals surface area contributed by atoms with Gasteiger partial charge in [0.1, 0.15) is 13.2 Å². The van der Waals surface area contributed by atoms with Crippen molar-refractivity contribution in [1.82, 2.24) is 10.6 Å². The third kappa shape index (κ3) is 4.20. The third-order valence-electron chi connectivity index (χ3n) is 3.78. The number of urea groups is 1. The lowest BCUT2D eigenvalue weighted by molar-refractivity contribution is 0.171. The van der Waals surface area contributed by atoms with Crippen LogP contribution in [-0.2, 0) is 6.54 Å². The van der Waals surface area contributed by atoms with Gasteiger partial charge in [-0.15, -0.1) is 0 Å². The summed E-state index contributed by atoms with van der Waals surface area (Å²) in [6.07, 6.45) is 0. The van der Waals surface area contributed by atoms with Crippen LogP contribution in [0.5, 0.6) is 11.5 Å². The maximum Gasteiger partial charge on any atom is 0.315 e. The number of nitrogens with one attached hydrogen (secondary N) is 2. The average Bonchev–Trinajstić information content (AvgIpc) is 2.60. The Kier molecular flexibility index (Phi) is 5.25. The SMILES string of the molecule is CC(NC(=O)NCc1ccc2c(c1)OCCO2)c1ccc(Br)cc1. The van der Waals surface area contributed by atoms with Gasteiger partial charge in [-0.3, -0.25) is 0 Å². The molecule has 2 amide bonds. The number of carbonyl (C=O) groups is 1. The fraction of sp³-hybridized carbons (Fsp3) is 0.278.